The van der Waals surface area contributed by atoms with Crippen molar-refractivity contribution in [2.24, 2.45) is 0 Å². The summed E-state index contributed by atoms with van der Waals surface area (Å²) in [5.41, 5.74) is 3.42. The highest BCUT2D eigenvalue weighted by atomic mass is 16.2. The largest absolute Gasteiger partial charge is 0.348 e. The monoisotopic (exact) mass is 347 g/mol. The van der Waals surface area contributed by atoms with E-state index >= 15 is 0 Å². The molecule has 0 aliphatic rings. The Kier molecular flexibility index (Phi) is 5.27. The zero-order chi connectivity index (χ0) is 18.5. The minimum absolute atomic E-state index is 0.115. The number of rotatable bonds is 5. The molecular formula is C21H21N3O2. The van der Waals surface area contributed by atoms with Crippen molar-refractivity contribution in [2.45, 2.75) is 26.4 Å². The Morgan fingerprint density at radius 3 is 2.42 bits per heavy atom. The molecule has 1 N–H and O–H groups in total. The summed E-state index contributed by atoms with van der Waals surface area (Å²) in [5.74, 6) is -0.253. The molecule has 5 nitrogen and oxygen atoms in total. The number of nitrogens with zero attached hydrogens (tertiary/aromatic N) is 2. The number of aromatic nitrogens is 2. The average molecular weight is 347 g/mol. The van der Waals surface area contributed by atoms with Crippen LogP contribution in [0.1, 0.15) is 24.1 Å². The number of aryl methyl sites for hydroxylation is 1. The number of carbonyl (C=O) groups excluding carboxylic acids is 1. The molecule has 0 saturated carbocycles. The van der Waals surface area contributed by atoms with Gasteiger partial charge in [-0.2, -0.15) is 5.10 Å². The van der Waals surface area contributed by atoms with Gasteiger partial charge in [0, 0.05) is 11.6 Å². The van der Waals surface area contributed by atoms with Crippen molar-refractivity contribution in [3.05, 3.63) is 88.2 Å². The van der Waals surface area contributed by atoms with Crippen LogP contribution in [0.2, 0.25) is 0 Å². The van der Waals surface area contributed by atoms with Crippen LogP contribution < -0.4 is 10.9 Å². The van der Waals surface area contributed by atoms with Crippen molar-refractivity contribution >= 4 is 5.91 Å². The highest BCUT2D eigenvalue weighted by molar-refractivity contribution is 5.76. The van der Waals surface area contributed by atoms with Gasteiger partial charge in [-0.1, -0.05) is 60.2 Å². The Morgan fingerprint density at radius 2 is 1.73 bits per heavy atom. The highest BCUT2D eigenvalue weighted by Gasteiger charge is 2.12. The van der Waals surface area contributed by atoms with Crippen molar-refractivity contribution < 1.29 is 4.79 Å². The molecule has 132 valence electrons. The maximum Gasteiger partial charge on any atom is 0.267 e. The third kappa shape index (κ3) is 4.25. The fourth-order valence-corrected chi connectivity index (χ4v) is 2.69. The van der Waals surface area contributed by atoms with Crippen LogP contribution in [-0.4, -0.2) is 15.7 Å². The second-order valence-electron chi connectivity index (χ2n) is 6.28. The van der Waals surface area contributed by atoms with Crippen LogP contribution in [0.5, 0.6) is 0 Å². The Balaban J connectivity index is 1.74. The first-order valence-corrected chi connectivity index (χ1v) is 8.52. The summed E-state index contributed by atoms with van der Waals surface area (Å²) in [7, 11) is 0. The van der Waals surface area contributed by atoms with Gasteiger partial charge < -0.3 is 5.32 Å². The van der Waals surface area contributed by atoms with Gasteiger partial charge >= 0.3 is 0 Å². The summed E-state index contributed by atoms with van der Waals surface area (Å²) < 4.78 is 1.20. The van der Waals surface area contributed by atoms with Gasteiger partial charge in [0.1, 0.15) is 6.54 Å². The lowest BCUT2D eigenvalue weighted by Crippen LogP contribution is -2.34. The minimum Gasteiger partial charge on any atom is -0.348 e. The van der Waals surface area contributed by atoms with E-state index in [4.69, 9.17) is 0 Å². The fraction of sp³-hybridized carbons (Fsp3) is 0.190. The standard InChI is InChI=1S/C21H21N3O2/c1-15-8-10-18(11-9-15)19-12-13-21(26)24(23-19)14-20(25)22-16(2)17-6-4-3-5-7-17/h3-13,16H,14H2,1-2H3,(H,22,25)/t16-/m0/s1. The second kappa shape index (κ2) is 7.78. The Labute approximate surface area is 152 Å². The van der Waals surface area contributed by atoms with E-state index in [2.05, 4.69) is 10.4 Å². The molecule has 0 spiro atoms. The average Bonchev–Trinajstić information content (AvgIpc) is 2.65. The zero-order valence-corrected chi connectivity index (χ0v) is 14.8. The van der Waals surface area contributed by atoms with Gasteiger partial charge in [0.25, 0.3) is 5.56 Å². The number of carbonyl (C=O) groups is 1. The predicted molar refractivity (Wildman–Crippen MR) is 102 cm³/mol. The number of hydrogen-bond donors (Lipinski definition) is 1. The maximum atomic E-state index is 12.3. The number of benzene rings is 2. The highest BCUT2D eigenvalue weighted by Crippen LogP contribution is 2.16. The molecule has 0 aliphatic carbocycles. The molecule has 0 radical (unpaired) electrons. The van der Waals surface area contributed by atoms with Crippen molar-refractivity contribution in [1.29, 1.82) is 0 Å². The van der Waals surface area contributed by atoms with E-state index in [-0.39, 0.29) is 24.1 Å². The van der Waals surface area contributed by atoms with Gasteiger partial charge in [0.05, 0.1) is 11.7 Å². The van der Waals surface area contributed by atoms with Crippen molar-refractivity contribution in [3.8, 4) is 11.3 Å². The Hall–Kier alpha value is -3.21. The van der Waals surface area contributed by atoms with Crippen LogP contribution in [0.4, 0.5) is 0 Å². The normalized spacial score (nSPS) is 11.8. The Bertz CT molecular complexity index is 947. The third-order valence-corrected chi connectivity index (χ3v) is 4.18. The number of amides is 1. The number of nitrogens with one attached hydrogen (secondary N) is 1. The van der Waals surface area contributed by atoms with E-state index < -0.39 is 0 Å². The van der Waals surface area contributed by atoms with Crippen molar-refractivity contribution in [3.63, 3.8) is 0 Å². The molecular weight excluding hydrogens is 326 g/mol. The summed E-state index contributed by atoms with van der Waals surface area (Å²) in [5, 5.41) is 7.24. The molecule has 0 unspecified atom stereocenters. The van der Waals surface area contributed by atoms with E-state index in [9.17, 15) is 9.59 Å². The van der Waals surface area contributed by atoms with Gasteiger partial charge in [0.15, 0.2) is 0 Å². The van der Waals surface area contributed by atoms with E-state index in [1.165, 1.54) is 10.7 Å². The zero-order valence-electron chi connectivity index (χ0n) is 14.8. The lowest BCUT2D eigenvalue weighted by Gasteiger charge is -2.14. The van der Waals surface area contributed by atoms with Crippen LogP contribution in [0.3, 0.4) is 0 Å². The fourth-order valence-electron chi connectivity index (χ4n) is 2.69. The third-order valence-electron chi connectivity index (χ3n) is 4.18. The van der Waals surface area contributed by atoms with Crippen LogP contribution in [0, 0.1) is 6.92 Å². The second-order valence-corrected chi connectivity index (χ2v) is 6.28. The molecule has 3 aromatic rings. The predicted octanol–water partition coefficient (Wildman–Crippen LogP) is 3.10. The van der Waals surface area contributed by atoms with Crippen molar-refractivity contribution in [2.75, 3.05) is 0 Å². The quantitative estimate of drug-likeness (QED) is 0.771. The van der Waals surface area contributed by atoms with E-state index in [1.54, 1.807) is 6.07 Å². The van der Waals surface area contributed by atoms with E-state index in [1.807, 2.05) is 68.4 Å². The number of hydrogen-bond acceptors (Lipinski definition) is 3. The molecule has 0 bridgehead atoms. The molecule has 1 aromatic heterocycles. The first-order chi connectivity index (χ1) is 12.5. The van der Waals surface area contributed by atoms with Gasteiger partial charge in [0.2, 0.25) is 5.91 Å². The van der Waals surface area contributed by atoms with E-state index in [0.29, 0.717) is 5.69 Å². The van der Waals surface area contributed by atoms with Gasteiger partial charge in [-0.05, 0) is 25.5 Å². The molecule has 26 heavy (non-hydrogen) atoms. The molecule has 1 heterocycles. The maximum absolute atomic E-state index is 12.3. The molecule has 1 atom stereocenters. The lowest BCUT2D eigenvalue weighted by molar-refractivity contribution is -0.122. The smallest absolute Gasteiger partial charge is 0.267 e. The summed E-state index contributed by atoms with van der Waals surface area (Å²) in [6, 6.07) is 20.5. The first-order valence-electron chi connectivity index (χ1n) is 8.52. The summed E-state index contributed by atoms with van der Waals surface area (Å²) in [6.45, 7) is 3.80. The summed E-state index contributed by atoms with van der Waals surface area (Å²) in [4.78, 5) is 24.4. The van der Waals surface area contributed by atoms with Gasteiger partial charge in [-0.3, -0.25) is 9.59 Å². The van der Waals surface area contributed by atoms with Crippen LogP contribution >= 0.6 is 0 Å². The summed E-state index contributed by atoms with van der Waals surface area (Å²) in [6.07, 6.45) is 0. The topological polar surface area (TPSA) is 64.0 Å². The van der Waals surface area contributed by atoms with Crippen LogP contribution in [0.25, 0.3) is 11.3 Å². The SMILES string of the molecule is Cc1ccc(-c2ccc(=O)n(CC(=O)N[C@@H](C)c3ccccc3)n2)cc1. The van der Waals surface area contributed by atoms with Crippen LogP contribution in [0.15, 0.2) is 71.5 Å². The molecule has 1 amide bonds. The van der Waals surface area contributed by atoms with Gasteiger partial charge in [-0.15, -0.1) is 0 Å². The summed E-state index contributed by atoms with van der Waals surface area (Å²) >= 11 is 0. The lowest BCUT2D eigenvalue weighted by atomic mass is 10.1. The van der Waals surface area contributed by atoms with Crippen LogP contribution in [-0.2, 0) is 11.3 Å². The molecule has 0 saturated heterocycles. The van der Waals surface area contributed by atoms with E-state index in [0.717, 1.165) is 16.7 Å². The minimum atomic E-state index is -0.302. The molecule has 2 aromatic carbocycles. The molecule has 3 rings (SSSR count). The first kappa shape index (κ1) is 17.6. The Morgan fingerprint density at radius 1 is 1.04 bits per heavy atom. The van der Waals surface area contributed by atoms with Crippen molar-refractivity contribution in [1.82, 2.24) is 15.1 Å². The molecule has 0 fully saturated rings. The molecule has 5 heteroatoms. The molecule has 0 aliphatic heterocycles. The van der Waals surface area contributed by atoms with Gasteiger partial charge in [-0.25, -0.2) is 4.68 Å².